The minimum atomic E-state index is -4.92. The molecule has 1 rings (SSSR count). The van der Waals surface area contributed by atoms with Gasteiger partial charge in [0.15, 0.2) is 4.88 Å². The van der Waals surface area contributed by atoms with Crippen molar-refractivity contribution in [3.63, 3.8) is 0 Å². The molecule has 0 saturated carbocycles. The van der Waals surface area contributed by atoms with Crippen LogP contribution in [0.2, 0.25) is 0 Å². The standard InChI is InChI=1S/C5H4O2S2.H2O4S/c6-5(7)1-4-2-8-3-9-4;1-5(2,3)4/h2-3H,1H2;(H2,1,2,3,4). The van der Waals surface area contributed by atoms with Gasteiger partial charge in [0.2, 0.25) is 15.1 Å². The van der Waals surface area contributed by atoms with E-state index in [1.54, 1.807) is 0 Å². The van der Waals surface area contributed by atoms with Crippen molar-refractivity contribution in [2.75, 3.05) is 0 Å². The van der Waals surface area contributed by atoms with Crippen LogP contribution in [0.1, 0.15) is 4.88 Å². The highest BCUT2D eigenvalue weighted by Crippen LogP contribution is 2.13. The Hall–Kier alpha value is -0.610. The van der Waals surface area contributed by atoms with Crippen LogP contribution in [0.3, 0.4) is 0 Å². The van der Waals surface area contributed by atoms with Crippen molar-refractivity contribution in [2.45, 2.75) is 6.42 Å². The Morgan fingerprint density at radius 3 is 2.43 bits per heavy atom. The second-order valence-electron chi connectivity index (χ2n) is 1.93. The van der Waals surface area contributed by atoms with Gasteiger partial charge in [0.1, 0.15) is 11.8 Å². The molecule has 0 saturated heterocycles. The highest BCUT2D eigenvalue weighted by molar-refractivity contribution is 7.79. The van der Waals surface area contributed by atoms with Crippen LogP contribution in [0.25, 0.3) is 0 Å². The molecule has 2 N–H and O–H groups in total. The summed E-state index contributed by atoms with van der Waals surface area (Å²) in [4.78, 5) is 11.0. The molecular formula is C5H6O6S3. The van der Waals surface area contributed by atoms with E-state index in [0.717, 1.165) is 4.88 Å². The van der Waals surface area contributed by atoms with Crippen LogP contribution in [0.4, 0.5) is 0 Å². The smallest absolute Gasteiger partial charge is 0.310 e. The topological polar surface area (TPSA) is 115 Å². The van der Waals surface area contributed by atoms with Gasteiger partial charge in [0.05, 0.1) is 22.7 Å². The van der Waals surface area contributed by atoms with E-state index in [1.165, 1.54) is 22.7 Å². The molecular weight excluding hydrogens is 252 g/mol. The van der Waals surface area contributed by atoms with Gasteiger partial charge in [-0.1, -0.05) is 0 Å². The molecule has 0 aliphatic rings. The Bertz CT molecular complexity index is 358. The van der Waals surface area contributed by atoms with Crippen LogP contribution >= 0.6 is 22.7 Å². The summed E-state index contributed by atoms with van der Waals surface area (Å²) in [6, 6.07) is 0. The Morgan fingerprint density at radius 2 is 2.14 bits per heavy atom. The van der Waals surface area contributed by atoms with E-state index in [9.17, 15) is 4.79 Å². The van der Waals surface area contributed by atoms with E-state index in [2.05, 4.69) is 0 Å². The largest absolute Gasteiger partial charge is 0.726 e. The number of hydrogen-bond donors (Lipinski definition) is 2. The van der Waals surface area contributed by atoms with Crippen LogP contribution in [0, 0.1) is 0 Å². The first-order valence-corrected chi connectivity index (χ1v) is 6.20. The third-order valence-corrected chi connectivity index (χ3v) is 2.74. The molecule has 0 radical (unpaired) electrons. The number of carboxylic acid groups (broad SMARTS) is 1. The zero-order chi connectivity index (χ0) is 11.2. The predicted octanol–water partition coefficient (Wildman–Crippen LogP) is 0.722. The van der Waals surface area contributed by atoms with Crippen molar-refractivity contribution in [1.29, 1.82) is 0 Å². The zero-order valence-corrected chi connectivity index (χ0v) is 9.06. The Balaban J connectivity index is 0.000000292. The molecule has 14 heavy (non-hydrogen) atoms. The molecule has 80 valence electrons. The van der Waals surface area contributed by atoms with Gasteiger partial charge in [-0.3, -0.25) is 9.35 Å². The summed E-state index contributed by atoms with van der Waals surface area (Å²) in [5.41, 5.74) is 0. The van der Waals surface area contributed by atoms with Crippen LogP contribution in [0.15, 0.2) is 10.1 Å². The maximum Gasteiger partial charge on any atom is 0.310 e. The van der Waals surface area contributed by atoms with Crippen molar-refractivity contribution >= 4 is 39.0 Å². The summed E-state index contributed by atoms with van der Waals surface area (Å²) in [7, 11) is -4.92. The molecule has 0 fully saturated rings. The van der Waals surface area contributed by atoms with Crippen molar-refractivity contribution in [1.82, 2.24) is 0 Å². The molecule has 0 atom stereocenters. The van der Waals surface area contributed by atoms with Gasteiger partial charge in [-0.2, -0.15) is 0 Å². The summed E-state index contributed by atoms with van der Waals surface area (Å²) in [5.74, 6) is -0.760. The quantitative estimate of drug-likeness (QED) is 0.459. The Kier molecular flexibility index (Phi) is 5.72. The van der Waals surface area contributed by atoms with Crippen molar-refractivity contribution in [3.05, 3.63) is 15.0 Å². The lowest BCUT2D eigenvalue weighted by atomic mass is 10.4. The van der Waals surface area contributed by atoms with Gasteiger partial charge in [0.25, 0.3) is 0 Å². The van der Waals surface area contributed by atoms with Crippen LogP contribution in [0.5, 0.6) is 0 Å². The minimum Gasteiger partial charge on any atom is -0.726 e. The van der Waals surface area contributed by atoms with Crippen LogP contribution in [-0.4, -0.2) is 28.6 Å². The van der Waals surface area contributed by atoms with E-state index < -0.39 is 16.4 Å². The molecule has 0 aromatic carbocycles. The summed E-state index contributed by atoms with van der Waals surface area (Å²) in [6.07, 6.45) is 0.161. The summed E-state index contributed by atoms with van der Waals surface area (Å²) in [5, 5.41) is 10.2. The fraction of sp³-hybridized carbons (Fsp3) is 0.200. The van der Waals surface area contributed by atoms with Gasteiger partial charge < -0.3 is 9.66 Å². The average molecular weight is 258 g/mol. The zero-order valence-electron chi connectivity index (χ0n) is 6.61. The van der Waals surface area contributed by atoms with E-state index >= 15 is 0 Å². The molecule has 0 amide bonds. The highest BCUT2D eigenvalue weighted by atomic mass is 32.3. The molecule has 0 unspecified atom stereocenters. The second-order valence-corrected chi connectivity index (χ2v) is 4.83. The highest BCUT2D eigenvalue weighted by Gasteiger charge is 2.07. The SMILES string of the molecule is O=C(O)Cc1c[s+]cs1.O=S(=O)([O-])O. The second kappa shape index (κ2) is 5.98. The Morgan fingerprint density at radius 1 is 1.64 bits per heavy atom. The summed E-state index contributed by atoms with van der Waals surface area (Å²) < 4.78 is 34.7. The average Bonchev–Trinajstić information content (AvgIpc) is 2.33. The van der Waals surface area contributed by atoms with Gasteiger partial charge >= 0.3 is 5.97 Å². The number of hydrogen-bond acceptors (Lipinski definition) is 5. The monoisotopic (exact) mass is 258 g/mol. The molecule has 0 aliphatic heterocycles. The number of aliphatic carboxylic acids is 1. The summed E-state index contributed by atoms with van der Waals surface area (Å²) >= 11 is 3.03. The lowest BCUT2D eigenvalue weighted by Gasteiger charge is -1.88. The lowest BCUT2D eigenvalue weighted by Crippen LogP contribution is -1.96. The van der Waals surface area contributed by atoms with Gasteiger partial charge in [-0.15, -0.1) is 0 Å². The third kappa shape index (κ3) is 11.4. The molecule has 0 bridgehead atoms. The number of carbonyl (C=O) groups is 1. The molecule has 0 aliphatic carbocycles. The first-order valence-electron chi connectivity index (χ1n) is 3.02. The van der Waals surface area contributed by atoms with E-state index in [-0.39, 0.29) is 6.42 Å². The van der Waals surface area contributed by atoms with Crippen LogP contribution in [-0.2, 0) is 21.6 Å². The fourth-order valence-electron chi connectivity index (χ4n) is 0.453. The van der Waals surface area contributed by atoms with E-state index in [4.69, 9.17) is 22.6 Å². The molecule has 1 aromatic rings. The number of rotatable bonds is 2. The van der Waals surface area contributed by atoms with E-state index in [1.807, 2.05) is 10.1 Å². The minimum absolute atomic E-state index is 0.161. The molecule has 9 heteroatoms. The fourth-order valence-corrected chi connectivity index (χ4v) is 2.22. The first kappa shape index (κ1) is 13.4. The third-order valence-electron chi connectivity index (χ3n) is 0.780. The molecule has 6 nitrogen and oxygen atoms in total. The van der Waals surface area contributed by atoms with Gasteiger partial charge in [-0.05, 0) is 0 Å². The predicted molar refractivity (Wildman–Crippen MR) is 50.3 cm³/mol. The lowest BCUT2D eigenvalue weighted by molar-refractivity contribution is -0.136. The number of carboxylic acids is 1. The van der Waals surface area contributed by atoms with Crippen LogP contribution < -0.4 is 0 Å². The van der Waals surface area contributed by atoms with E-state index in [0.29, 0.717) is 0 Å². The van der Waals surface area contributed by atoms with Gasteiger partial charge in [-0.25, -0.2) is 8.42 Å². The van der Waals surface area contributed by atoms with Gasteiger partial charge in [0, 0.05) is 0 Å². The van der Waals surface area contributed by atoms with Crippen molar-refractivity contribution < 1.29 is 27.4 Å². The Labute approximate surface area is 88.0 Å². The molecule has 1 aromatic heterocycles. The first-order chi connectivity index (χ1) is 6.29. The normalized spacial score (nSPS) is 10.1. The maximum absolute atomic E-state index is 10.1. The maximum atomic E-state index is 10.1. The van der Waals surface area contributed by atoms with Crippen molar-refractivity contribution in [2.24, 2.45) is 0 Å². The summed E-state index contributed by atoms with van der Waals surface area (Å²) in [6.45, 7) is 0. The van der Waals surface area contributed by atoms with Crippen molar-refractivity contribution in [3.8, 4) is 0 Å². The molecule has 0 spiro atoms. The molecule has 1 heterocycles.